The second-order valence-corrected chi connectivity index (χ2v) is 8.61. The summed E-state index contributed by atoms with van der Waals surface area (Å²) in [5.74, 6) is -21.5. The van der Waals surface area contributed by atoms with Crippen molar-refractivity contribution >= 4 is 10.0 Å². The maximum absolute atomic E-state index is 13.3. The molecule has 0 aliphatic heterocycles. The molecule has 0 saturated carbocycles. The minimum absolute atomic E-state index is 0.238. The molecule has 0 aliphatic rings. The highest BCUT2D eigenvalue weighted by molar-refractivity contribution is 7.89. The van der Waals surface area contributed by atoms with Gasteiger partial charge in [-0.25, -0.2) is 13.1 Å². The molecule has 1 N–H and O–H groups in total. The fourth-order valence-electron chi connectivity index (χ4n) is 1.68. The van der Waals surface area contributed by atoms with E-state index in [1.165, 1.54) is 0 Å². The van der Waals surface area contributed by atoms with Crippen molar-refractivity contribution in [1.82, 2.24) is 4.72 Å². The lowest BCUT2D eigenvalue weighted by Crippen LogP contribution is -2.61. The summed E-state index contributed by atoms with van der Waals surface area (Å²) in [7, 11) is 0.757. The zero-order chi connectivity index (χ0) is 21.2. The van der Waals surface area contributed by atoms with Crippen LogP contribution in [0, 0.1) is 0 Å². The Morgan fingerprint density at radius 1 is 0.846 bits per heavy atom. The van der Waals surface area contributed by atoms with Gasteiger partial charge in [0.05, 0.1) is 33.4 Å². The first kappa shape index (κ1) is 25.2. The molecule has 26 heavy (non-hydrogen) atoms. The van der Waals surface area contributed by atoms with Crippen molar-refractivity contribution in [2.75, 3.05) is 40.0 Å². The number of sulfonamides is 1. The number of halogens is 9. The minimum Gasteiger partial charge on any atom is -0.331 e. The van der Waals surface area contributed by atoms with Gasteiger partial charge in [0, 0.05) is 19.4 Å². The average molecular weight is 427 g/mol. The minimum atomic E-state index is -7.02. The topological polar surface area (TPSA) is 46.2 Å². The van der Waals surface area contributed by atoms with E-state index >= 15 is 0 Å². The smallest absolute Gasteiger partial charge is 0.331 e. The summed E-state index contributed by atoms with van der Waals surface area (Å²) in [6.07, 6.45) is -9.08. The van der Waals surface area contributed by atoms with E-state index in [1.54, 1.807) is 25.9 Å². The summed E-state index contributed by atoms with van der Waals surface area (Å²) in [4.78, 5) is 0. The van der Waals surface area contributed by atoms with E-state index in [2.05, 4.69) is 0 Å². The lowest BCUT2D eigenvalue weighted by atomic mass is 10.0. The Balaban J connectivity index is 4.95. The standard InChI is InChI=1S/C12H20F9N2O2S/c1-23(2,3)7-4-6-22-26(24,25)8-5-9(13,14)10(15,16)11(17,18)12(19,20)21/h22H,4-8H2,1-3H3/q+1. The second kappa shape index (κ2) is 7.70. The van der Waals surface area contributed by atoms with E-state index in [-0.39, 0.29) is 13.0 Å². The van der Waals surface area contributed by atoms with Gasteiger partial charge in [0.2, 0.25) is 10.0 Å². The van der Waals surface area contributed by atoms with E-state index in [9.17, 15) is 47.9 Å². The van der Waals surface area contributed by atoms with Crippen molar-refractivity contribution in [1.29, 1.82) is 0 Å². The molecule has 0 aromatic rings. The summed E-state index contributed by atoms with van der Waals surface area (Å²) in [6.45, 7) is 0.229. The maximum Gasteiger partial charge on any atom is 0.460 e. The Labute approximate surface area is 145 Å². The normalized spacial score (nSPS) is 15.4. The molecular formula is C12H20F9N2O2S+. The lowest BCUT2D eigenvalue weighted by molar-refractivity contribution is -0.870. The third kappa shape index (κ3) is 6.44. The molecule has 0 atom stereocenters. The molecular weight excluding hydrogens is 407 g/mol. The highest BCUT2D eigenvalue weighted by Gasteiger charge is 2.81. The van der Waals surface area contributed by atoms with Crippen LogP contribution < -0.4 is 4.72 Å². The molecule has 4 nitrogen and oxygen atoms in total. The monoisotopic (exact) mass is 427 g/mol. The predicted octanol–water partition coefficient (Wildman–Crippen LogP) is 2.86. The first-order valence-corrected chi connectivity index (χ1v) is 8.79. The van der Waals surface area contributed by atoms with Crippen LogP contribution in [0.5, 0.6) is 0 Å². The molecule has 0 aromatic heterocycles. The number of hydrogen-bond donors (Lipinski definition) is 1. The summed E-state index contributed by atoms with van der Waals surface area (Å²) in [5, 5.41) is 0. The van der Waals surface area contributed by atoms with Gasteiger partial charge in [0.25, 0.3) is 0 Å². The van der Waals surface area contributed by atoms with Crippen molar-refractivity contribution < 1.29 is 52.4 Å². The van der Waals surface area contributed by atoms with Crippen LogP contribution in [0.25, 0.3) is 0 Å². The Morgan fingerprint density at radius 2 is 1.31 bits per heavy atom. The Bertz CT molecular complexity index is 568. The van der Waals surface area contributed by atoms with Crippen LogP contribution >= 0.6 is 0 Å². The van der Waals surface area contributed by atoms with E-state index in [4.69, 9.17) is 0 Å². The van der Waals surface area contributed by atoms with Crippen LogP contribution in [0.2, 0.25) is 0 Å². The van der Waals surface area contributed by atoms with E-state index < -0.39 is 46.1 Å². The van der Waals surface area contributed by atoms with Crippen molar-refractivity contribution in [3.8, 4) is 0 Å². The van der Waals surface area contributed by atoms with Gasteiger partial charge in [-0.05, 0) is 0 Å². The first-order chi connectivity index (χ1) is 11.2. The van der Waals surface area contributed by atoms with Crippen molar-refractivity contribution in [2.45, 2.75) is 36.8 Å². The van der Waals surface area contributed by atoms with Gasteiger partial charge in [-0.2, -0.15) is 39.5 Å². The molecule has 0 bridgehead atoms. The van der Waals surface area contributed by atoms with Crippen LogP contribution in [-0.2, 0) is 10.0 Å². The second-order valence-electron chi connectivity index (χ2n) is 6.68. The summed E-state index contributed by atoms with van der Waals surface area (Å²) in [5.41, 5.74) is 0. The molecule has 0 rings (SSSR count). The van der Waals surface area contributed by atoms with Crippen molar-refractivity contribution in [3.63, 3.8) is 0 Å². The largest absolute Gasteiger partial charge is 0.460 e. The number of nitrogens with one attached hydrogen (secondary N) is 1. The highest BCUT2D eigenvalue weighted by atomic mass is 32.2. The zero-order valence-corrected chi connectivity index (χ0v) is 14.9. The zero-order valence-electron chi connectivity index (χ0n) is 14.1. The SMILES string of the molecule is C[N+](C)(C)CCCNS(=O)(=O)CCC(F)(F)C(F)(F)C(F)(F)C(F)(F)F. The Morgan fingerprint density at radius 3 is 1.69 bits per heavy atom. The highest BCUT2D eigenvalue weighted by Crippen LogP contribution is 2.54. The molecule has 0 amide bonds. The van der Waals surface area contributed by atoms with Gasteiger partial charge >= 0.3 is 23.9 Å². The molecule has 0 heterocycles. The summed E-state index contributed by atoms with van der Waals surface area (Å²) < 4.78 is 139. The van der Waals surface area contributed by atoms with Gasteiger partial charge in [-0.3, -0.25) is 0 Å². The first-order valence-electron chi connectivity index (χ1n) is 7.14. The maximum atomic E-state index is 13.3. The van der Waals surface area contributed by atoms with Gasteiger partial charge < -0.3 is 4.48 Å². The number of rotatable bonds is 10. The van der Waals surface area contributed by atoms with E-state index in [0.717, 1.165) is 0 Å². The third-order valence-electron chi connectivity index (χ3n) is 3.22. The van der Waals surface area contributed by atoms with Gasteiger partial charge in [0.1, 0.15) is 0 Å². The molecule has 0 fully saturated rings. The molecule has 0 aliphatic carbocycles. The molecule has 0 radical (unpaired) electrons. The number of alkyl halides is 9. The predicted molar refractivity (Wildman–Crippen MR) is 74.8 cm³/mol. The van der Waals surface area contributed by atoms with E-state index in [1.807, 2.05) is 0 Å². The fraction of sp³-hybridized carbons (Fsp3) is 1.00. The van der Waals surface area contributed by atoms with Crippen LogP contribution in [-0.4, -0.2) is 76.8 Å². The number of hydrogen-bond acceptors (Lipinski definition) is 2. The number of quaternary nitrogens is 1. The summed E-state index contributed by atoms with van der Waals surface area (Å²) >= 11 is 0. The molecule has 0 unspecified atom stereocenters. The molecule has 0 spiro atoms. The van der Waals surface area contributed by atoms with E-state index in [0.29, 0.717) is 11.0 Å². The lowest BCUT2D eigenvalue weighted by Gasteiger charge is -2.33. The number of nitrogens with zero attached hydrogens (tertiary/aromatic N) is 1. The fourth-order valence-corrected chi connectivity index (χ4v) is 2.81. The van der Waals surface area contributed by atoms with Crippen molar-refractivity contribution in [2.24, 2.45) is 0 Å². The van der Waals surface area contributed by atoms with Gasteiger partial charge in [-0.1, -0.05) is 0 Å². The van der Waals surface area contributed by atoms with Crippen LogP contribution in [0.3, 0.4) is 0 Å². The molecule has 14 heteroatoms. The molecule has 158 valence electrons. The quantitative estimate of drug-likeness (QED) is 0.331. The summed E-state index contributed by atoms with van der Waals surface area (Å²) in [6, 6.07) is 0. The molecule has 0 aromatic carbocycles. The van der Waals surface area contributed by atoms with Gasteiger partial charge in [0.15, 0.2) is 0 Å². The van der Waals surface area contributed by atoms with Crippen LogP contribution in [0.1, 0.15) is 12.8 Å². The Kier molecular flexibility index (Phi) is 7.47. The average Bonchev–Trinajstić information content (AvgIpc) is 2.39. The van der Waals surface area contributed by atoms with Crippen LogP contribution in [0.4, 0.5) is 39.5 Å². The van der Waals surface area contributed by atoms with Crippen LogP contribution in [0.15, 0.2) is 0 Å². The van der Waals surface area contributed by atoms with Gasteiger partial charge in [-0.15, -0.1) is 0 Å². The molecule has 0 saturated heterocycles. The third-order valence-corrected chi connectivity index (χ3v) is 4.61. The Hall–Kier alpha value is -0.760. The van der Waals surface area contributed by atoms with Crippen molar-refractivity contribution in [3.05, 3.63) is 0 Å².